The van der Waals surface area contributed by atoms with Gasteiger partial charge in [0.2, 0.25) is 0 Å². The minimum absolute atomic E-state index is 0.780. The number of nitrogens with zero attached hydrogens (tertiary/aromatic N) is 1. The molecular formula is C7H8N2O. The maximum Gasteiger partial charge on any atom is 0.138 e. The molecule has 0 saturated carbocycles. The summed E-state index contributed by atoms with van der Waals surface area (Å²) in [5, 5.41) is 10.3. The van der Waals surface area contributed by atoms with Crippen LogP contribution >= 0.6 is 0 Å². The van der Waals surface area contributed by atoms with Crippen molar-refractivity contribution in [1.29, 1.82) is 0 Å². The Kier molecular flexibility index (Phi) is 1.05. The van der Waals surface area contributed by atoms with Crippen molar-refractivity contribution in [2.75, 3.05) is 5.06 Å². The summed E-state index contributed by atoms with van der Waals surface area (Å²) in [6, 6.07) is 1.96. The summed E-state index contributed by atoms with van der Waals surface area (Å²) in [5.41, 5.74) is 1.13. The molecule has 0 aromatic carbocycles. The summed E-state index contributed by atoms with van der Waals surface area (Å²) in [6.45, 7) is 0. The number of fused-ring (bicyclic) bond motifs is 1. The van der Waals surface area contributed by atoms with Crippen molar-refractivity contribution in [3.05, 3.63) is 30.1 Å². The number of aromatic nitrogens is 1. The van der Waals surface area contributed by atoms with Crippen molar-refractivity contribution in [1.82, 2.24) is 4.98 Å². The first-order chi connectivity index (χ1) is 4.88. The van der Waals surface area contributed by atoms with Crippen LogP contribution in [0.1, 0.15) is 5.56 Å². The molecule has 0 radical (unpaired) electrons. The third kappa shape index (κ3) is 0.642. The van der Waals surface area contributed by atoms with Gasteiger partial charge in [-0.1, -0.05) is 6.08 Å². The number of anilines is 1. The second-order valence-electron chi connectivity index (χ2n) is 2.28. The van der Waals surface area contributed by atoms with E-state index in [9.17, 15) is 0 Å². The highest BCUT2D eigenvalue weighted by Gasteiger charge is 2.10. The molecule has 0 saturated heterocycles. The maximum absolute atomic E-state index is 9.17. The van der Waals surface area contributed by atoms with Gasteiger partial charge >= 0.3 is 0 Å². The van der Waals surface area contributed by atoms with Crippen molar-refractivity contribution in [3.63, 3.8) is 0 Å². The van der Waals surface area contributed by atoms with E-state index in [1.165, 1.54) is 0 Å². The predicted molar refractivity (Wildman–Crippen MR) is 37.9 cm³/mol. The van der Waals surface area contributed by atoms with E-state index in [-0.39, 0.29) is 0 Å². The molecule has 10 heavy (non-hydrogen) atoms. The first-order valence-corrected chi connectivity index (χ1v) is 3.19. The highest BCUT2D eigenvalue weighted by atomic mass is 16.5. The normalized spacial score (nSPS) is 15.5. The molecule has 2 heterocycles. The summed E-state index contributed by atoms with van der Waals surface area (Å²) in [4.78, 5) is 2.93. The molecule has 0 bridgehead atoms. The molecule has 1 aliphatic rings. The van der Waals surface area contributed by atoms with Gasteiger partial charge in [0.1, 0.15) is 5.82 Å². The van der Waals surface area contributed by atoms with Crippen molar-refractivity contribution >= 4 is 5.82 Å². The van der Waals surface area contributed by atoms with E-state index < -0.39 is 0 Å². The van der Waals surface area contributed by atoms with Gasteiger partial charge in [0.05, 0.1) is 0 Å². The second kappa shape index (κ2) is 1.88. The highest BCUT2D eigenvalue weighted by molar-refractivity contribution is 5.50. The molecule has 3 heteroatoms. The van der Waals surface area contributed by atoms with Crippen LogP contribution in [-0.4, -0.2) is 10.2 Å². The zero-order chi connectivity index (χ0) is 6.97. The number of hydrogen-bond acceptors (Lipinski definition) is 2. The van der Waals surface area contributed by atoms with Crippen molar-refractivity contribution < 1.29 is 5.21 Å². The van der Waals surface area contributed by atoms with E-state index in [0.29, 0.717) is 0 Å². The summed E-state index contributed by atoms with van der Waals surface area (Å²) < 4.78 is 0. The zero-order valence-corrected chi connectivity index (χ0v) is 5.41. The van der Waals surface area contributed by atoms with Crippen LogP contribution < -0.4 is 5.06 Å². The van der Waals surface area contributed by atoms with Crippen LogP contribution in [0.25, 0.3) is 0 Å². The lowest BCUT2D eigenvalue weighted by atomic mass is 10.2. The van der Waals surface area contributed by atoms with E-state index >= 15 is 0 Å². The minimum atomic E-state index is 0.780. The van der Waals surface area contributed by atoms with E-state index in [1.54, 1.807) is 6.20 Å². The Bertz CT molecular complexity index is 264. The van der Waals surface area contributed by atoms with Gasteiger partial charge in [-0.15, -0.1) is 0 Å². The lowest BCUT2D eigenvalue weighted by Gasteiger charge is -2.15. The van der Waals surface area contributed by atoms with Crippen molar-refractivity contribution in [2.45, 2.75) is 6.42 Å². The van der Waals surface area contributed by atoms with E-state index in [2.05, 4.69) is 4.98 Å². The van der Waals surface area contributed by atoms with Gasteiger partial charge in [-0.05, 0) is 12.5 Å². The Balaban J connectivity index is 2.48. The molecule has 0 aliphatic carbocycles. The Morgan fingerprint density at radius 2 is 2.50 bits per heavy atom. The smallest absolute Gasteiger partial charge is 0.138 e. The Morgan fingerprint density at radius 1 is 1.60 bits per heavy atom. The van der Waals surface area contributed by atoms with Gasteiger partial charge in [-0.3, -0.25) is 5.21 Å². The van der Waals surface area contributed by atoms with E-state index in [1.807, 2.05) is 18.3 Å². The van der Waals surface area contributed by atoms with Crippen LogP contribution in [0.3, 0.4) is 0 Å². The fourth-order valence-corrected chi connectivity index (χ4v) is 1.12. The number of H-pyrrole nitrogens is 1. The molecule has 2 rings (SSSR count). The average molecular weight is 136 g/mol. The van der Waals surface area contributed by atoms with Crippen molar-refractivity contribution in [3.8, 4) is 0 Å². The Hall–Kier alpha value is -1.22. The Labute approximate surface area is 58.5 Å². The molecule has 0 atom stereocenters. The predicted octanol–water partition coefficient (Wildman–Crippen LogP) is 1.28. The second-order valence-corrected chi connectivity index (χ2v) is 2.28. The fraction of sp³-hybridized carbons (Fsp3) is 0.143. The molecule has 0 fully saturated rings. The van der Waals surface area contributed by atoms with Crippen LogP contribution in [0.2, 0.25) is 0 Å². The molecule has 52 valence electrons. The van der Waals surface area contributed by atoms with Gasteiger partial charge in [-0.25, -0.2) is 5.06 Å². The van der Waals surface area contributed by atoms with Gasteiger partial charge in [0, 0.05) is 18.0 Å². The molecule has 1 aliphatic heterocycles. The molecule has 2 N–H and O–H groups in total. The van der Waals surface area contributed by atoms with Gasteiger partial charge in [0.25, 0.3) is 0 Å². The summed E-state index contributed by atoms with van der Waals surface area (Å²) >= 11 is 0. The summed E-state index contributed by atoms with van der Waals surface area (Å²) in [5.74, 6) is 0.780. The van der Waals surface area contributed by atoms with Gasteiger partial charge < -0.3 is 4.98 Å². The molecule has 0 amide bonds. The summed E-state index contributed by atoms with van der Waals surface area (Å²) in [7, 11) is 0. The highest BCUT2D eigenvalue weighted by Crippen LogP contribution is 2.21. The first-order valence-electron chi connectivity index (χ1n) is 3.19. The SMILES string of the molecule is ON1C=CCc2cc[nH]c21. The zero-order valence-electron chi connectivity index (χ0n) is 5.41. The third-order valence-electron chi connectivity index (χ3n) is 1.62. The summed E-state index contributed by atoms with van der Waals surface area (Å²) in [6.07, 6.45) is 6.27. The largest absolute Gasteiger partial charge is 0.346 e. The van der Waals surface area contributed by atoms with Crippen molar-refractivity contribution in [2.24, 2.45) is 0 Å². The molecule has 1 aromatic rings. The maximum atomic E-state index is 9.17. The van der Waals surface area contributed by atoms with Crippen LogP contribution in [0.15, 0.2) is 24.5 Å². The standard InChI is InChI=1S/C7H8N2O/c10-9-5-1-2-6-3-4-8-7(6)9/h1,3-5,8,10H,2H2. The first kappa shape index (κ1) is 5.56. The van der Waals surface area contributed by atoms with Gasteiger partial charge in [-0.2, -0.15) is 0 Å². The number of hydrogen-bond donors (Lipinski definition) is 2. The molecule has 0 unspecified atom stereocenters. The quantitative estimate of drug-likeness (QED) is 0.564. The molecular weight excluding hydrogens is 128 g/mol. The molecule has 1 aromatic heterocycles. The lowest BCUT2D eigenvalue weighted by Crippen LogP contribution is -2.14. The van der Waals surface area contributed by atoms with Crippen LogP contribution in [0.4, 0.5) is 5.82 Å². The van der Waals surface area contributed by atoms with E-state index in [4.69, 9.17) is 5.21 Å². The average Bonchev–Trinajstić information content (AvgIpc) is 2.36. The fourth-order valence-electron chi connectivity index (χ4n) is 1.12. The number of allylic oxidation sites excluding steroid dienone is 1. The van der Waals surface area contributed by atoms with Crippen LogP contribution in [-0.2, 0) is 6.42 Å². The Morgan fingerprint density at radius 3 is 3.30 bits per heavy atom. The number of nitrogens with one attached hydrogen (secondary N) is 1. The molecule has 3 nitrogen and oxygen atoms in total. The lowest BCUT2D eigenvalue weighted by molar-refractivity contribution is 0.290. The number of aromatic amines is 1. The van der Waals surface area contributed by atoms with Crippen LogP contribution in [0, 0.1) is 0 Å². The number of rotatable bonds is 0. The number of hydroxylamine groups is 1. The molecule has 0 spiro atoms. The van der Waals surface area contributed by atoms with E-state index in [0.717, 1.165) is 22.9 Å². The van der Waals surface area contributed by atoms with Crippen LogP contribution in [0.5, 0.6) is 0 Å². The topological polar surface area (TPSA) is 39.3 Å². The third-order valence-corrected chi connectivity index (χ3v) is 1.62. The minimum Gasteiger partial charge on any atom is -0.346 e. The monoisotopic (exact) mass is 136 g/mol. The van der Waals surface area contributed by atoms with Gasteiger partial charge in [0.15, 0.2) is 0 Å².